The van der Waals surface area contributed by atoms with E-state index in [2.05, 4.69) is 5.10 Å². The summed E-state index contributed by atoms with van der Waals surface area (Å²) in [5.41, 5.74) is 0. The van der Waals surface area contributed by atoms with Gasteiger partial charge >= 0.3 is 0 Å². The van der Waals surface area contributed by atoms with E-state index in [4.69, 9.17) is 22.1 Å². The highest BCUT2D eigenvalue weighted by Crippen LogP contribution is 1.84. The Bertz CT molecular complexity index is 172. The smallest absolute Gasteiger partial charge is 0.164 e. The van der Waals surface area contributed by atoms with E-state index in [1.54, 1.807) is 0 Å². The summed E-state index contributed by atoms with van der Waals surface area (Å²) in [6.45, 7) is -0.00841. The summed E-state index contributed by atoms with van der Waals surface area (Å²) in [7, 11) is 0. The van der Waals surface area contributed by atoms with Crippen LogP contribution in [0.1, 0.15) is 6.42 Å². The number of nitrogens with zero attached hydrogens (tertiary/aromatic N) is 3. The van der Waals surface area contributed by atoms with Gasteiger partial charge in [-0.15, -0.1) is 0 Å². The van der Waals surface area contributed by atoms with Crippen molar-refractivity contribution in [2.75, 3.05) is 13.2 Å². The number of hydrogen-bond acceptors (Lipinski definition) is 5. The maximum absolute atomic E-state index is 8.58. The normalized spacial score (nSPS) is 10.8. The molecule has 0 aliphatic heterocycles. The van der Waals surface area contributed by atoms with Crippen LogP contribution in [0.4, 0.5) is 0 Å². The number of rotatable bonds is 3. The topological polar surface area (TPSA) is 112 Å². The molecular formula is C5H11N5O. The minimum Gasteiger partial charge on any atom is -0.388 e. The van der Waals surface area contributed by atoms with Gasteiger partial charge in [0.15, 0.2) is 5.84 Å². The molecule has 6 nitrogen and oxygen atoms in total. The minimum absolute atomic E-state index is 0.167. The summed E-state index contributed by atoms with van der Waals surface area (Å²) in [5, 5.41) is 21.1. The molecule has 6 heteroatoms. The van der Waals surface area contributed by atoms with Crippen molar-refractivity contribution in [1.82, 2.24) is 5.01 Å². The van der Waals surface area contributed by atoms with E-state index >= 15 is 0 Å². The largest absolute Gasteiger partial charge is 0.388 e. The zero-order valence-electron chi connectivity index (χ0n) is 6.06. The summed E-state index contributed by atoms with van der Waals surface area (Å²) in [6.07, 6.45) is 0.273. The van der Waals surface area contributed by atoms with Gasteiger partial charge in [0.2, 0.25) is 0 Å². The number of nitriles is 1. The minimum atomic E-state index is -0.321. The SMILES string of the molecule is N#CCCN(N)/C(CO)=N\N. The molecule has 0 aliphatic carbocycles. The monoisotopic (exact) mass is 157 g/mol. The first kappa shape index (κ1) is 9.68. The Balaban J connectivity index is 3.82. The highest BCUT2D eigenvalue weighted by molar-refractivity contribution is 5.82. The number of amidine groups is 1. The Morgan fingerprint density at radius 1 is 1.73 bits per heavy atom. The molecule has 0 fully saturated rings. The number of aliphatic hydroxyl groups is 1. The number of nitrogens with two attached hydrogens (primary N) is 2. The number of hydrogen-bond donors (Lipinski definition) is 3. The van der Waals surface area contributed by atoms with E-state index in [9.17, 15) is 0 Å². The summed E-state index contributed by atoms with van der Waals surface area (Å²) >= 11 is 0. The van der Waals surface area contributed by atoms with Crippen LogP contribution in [0.2, 0.25) is 0 Å². The molecule has 0 heterocycles. The van der Waals surface area contributed by atoms with Crippen LogP contribution >= 0.6 is 0 Å². The van der Waals surface area contributed by atoms with Gasteiger partial charge < -0.3 is 10.9 Å². The Morgan fingerprint density at radius 3 is 2.73 bits per heavy atom. The van der Waals surface area contributed by atoms with Crippen molar-refractivity contribution in [2.45, 2.75) is 6.42 Å². The van der Waals surface area contributed by atoms with E-state index in [0.29, 0.717) is 6.54 Å². The third-order valence-corrected chi connectivity index (χ3v) is 1.09. The maximum atomic E-state index is 8.58. The van der Waals surface area contributed by atoms with Gasteiger partial charge in [-0.25, -0.2) is 5.84 Å². The van der Waals surface area contributed by atoms with Crippen LogP contribution in [0.3, 0.4) is 0 Å². The number of hydrazone groups is 1. The Morgan fingerprint density at radius 2 is 2.36 bits per heavy atom. The zero-order chi connectivity index (χ0) is 8.69. The van der Waals surface area contributed by atoms with Crippen LogP contribution < -0.4 is 11.7 Å². The molecule has 5 N–H and O–H groups in total. The van der Waals surface area contributed by atoms with Crippen molar-refractivity contribution in [3.05, 3.63) is 0 Å². The molecule has 0 saturated heterocycles. The van der Waals surface area contributed by atoms with Crippen molar-refractivity contribution in [2.24, 2.45) is 16.8 Å². The highest BCUT2D eigenvalue weighted by Gasteiger charge is 2.03. The standard InChI is InChI=1S/C5H11N5O/c6-2-1-3-10(8)5(4-11)9-7/h11H,1,3-4,7-8H2/b9-5-. The Labute approximate surface area is 64.7 Å². The van der Waals surface area contributed by atoms with Gasteiger partial charge in [0.25, 0.3) is 0 Å². The van der Waals surface area contributed by atoms with Crippen molar-refractivity contribution >= 4 is 5.84 Å². The lowest BCUT2D eigenvalue weighted by molar-refractivity contribution is 0.322. The van der Waals surface area contributed by atoms with Crippen molar-refractivity contribution in [3.8, 4) is 6.07 Å². The van der Waals surface area contributed by atoms with E-state index < -0.39 is 0 Å². The molecule has 0 aromatic heterocycles. The quantitative estimate of drug-likeness (QED) is 0.196. The van der Waals surface area contributed by atoms with Crippen LogP contribution in [0.25, 0.3) is 0 Å². The van der Waals surface area contributed by atoms with Crippen LogP contribution in [0.15, 0.2) is 5.10 Å². The summed E-state index contributed by atoms with van der Waals surface area (Å²) in [4.78, 5) is 0. The average Bonchev–Trinajstić information content (AvgIpc) is 2.03. The predicted octanol–water partition coefficient (Wildman–Crippen LogP) is -1.66. The van der Waals surface area contributed by atoms with Gasteiger partial charge in [0, 0.05) is 6.54 Å². The second-order valence-corrected chi connectivity index (χ2v) is 1.80. The fourth-order valence-corrected chi connectivity index (χ4v) is 0.505. The molecule has 0 radical (unpaired) electrons. The third-order valence-electron chi connectivity index (χ3n) is 1.09. The van der Waals surface area contributed by atoms with E-state index in [1.807, 2.05) is 6.07 Å². The molecule has 0 unspecified atom stereocenters. The third kappa shape index (κ3) is 3.40. The maximum Gasteiger partial charge on any atom is 0.164 e. The lowest BCUT2D eigenvalue weighted by Gasteiger charge is -2.15. The van der Waals surface area contributed by atoms with Crippen LogP contribution in [-0.4, -0.2) is 29.1 Å². The van der Waals surface area contributed by atoms with Crippen molar-refractivity contribution < 1.29 is 5.11 Å². The van der Waals surface area contributed by atoms with E-state index in [-0.39, 0.29) is 18.9 Å². The van der Waals surface area contributed by atoms with E-state index in [0.717, 1.165) is 5.01 Å². The molecule has 62 valence electrons. The first-order valence-corrected chi connectivity index (χ1v) is 3.03. The lowest BCUT2D eigenvalue weighted by Crippen LogP contribution is -2.40. The van der Waals surface area contributed by atoms with Crippen LogP contribution in [0.5, 0.6) is 0 Å². The molecule has 0 aliphatic rings. The molecule has 0 aromatic rings. The molecule has 0 spiro atoms. The second-order valence-electron chi connectivity index (χ2n) is 1.80. The van der Waals surface area contributed by atoms with Gasteiger partial charge in [0.05, 0.1) is 12.5 Å². The van der Waals surface area contributed by atoms with Gasteiger partial charge in [-0.2, -0.15) is 10.4 Å². The fourth-order valence-electron chi connectivity index (χ4n) is 0.505. The van der Waals surface area contributed by atoms with Gasteiger partial charge in [-0.3, -0.25) is 5.01 Å². The summed E-state index contributed by atoms with van der Waals surface area (Å²) in [6, 6.07) is 1.90. The molecule has 0 amide bonds. The Hall–Kier alpha value is -1.32. The van der Waals surface area contributed by atoms with Crippen molar-refractivity contribution in [1.29, 1.82) is 5.26 Å². The average molecular weight is 157 g/mol. The number of aliphatic hydroxyl groups excluding tert-OH is 1. The lowest BCUT2D eigenvalue weighted by atomic mass is 10.4. The number of hydrazine groups is 1. The molecule has 0 saturated carbocycles. The molecule has 0 rings (SSSR count). The molecule has 0 bridgehead atoms. The summed E-state index contributed by atoms with van der Waals surface area (Å²) < 4.78 is 0. The first-order chi connectivity index (χ1) is 5.26. The second kappa shape index (κ2) is 5.46. The van der Waals surface area contributed by atoms with Gasteiger partial charge in [0.1, 0.15) is 6.61 Å². The van der Waals surface area contributed by atoms with E-state index in [1.165, 1.54) is 0 Å². The van der Waals surface area contributed by atoms with Gasteiger partial charge in [-0.05, 0) is 0 Å². The highest BCUT2D eigenvalue weighted by atomic mass is 16.3. The first-order valence-electron chi connectivity index (χ1n) is 3.03. The predicted molar refractivity (Wildman–Crippen MR) is 39.8 cm³/mol. The fraction of sp³-hybridized carbons (Fsp3) is 0.600. The van der Waals surface area contributed by atoms with Crippen LogP contribution in [-0.2, 0) is 0 Å². The molecule has 0 aromatic carbocycles. The van der Waals surface area contributed by atoms with Crippen molar-refractivity contribution in [3.63, 3.8) is 0 Å². The Kier molecular flexibility index (Phi) is 4.81. The van der Waals surface area contributed by atoms with Gasteiger partial charge in [-0.1, -0.05) is 0 Å². The molecular weight excluding hydrogens is 146 g/mol. The summed E-state index contributed by atoms with van der Waals surface area (Å²) in [5.74, 6) is 10.4. The molecule has 11 heavy (non-hydrogen) atoms. The molecule has 0 atom stereocenters. The zero-order valence-corrected chi connectivity index (χ0v) is 6.06. The van der Waals surface area contributed by atoms with Crippen LogP contribution in [0, 0.1) is 11.3 Å².